The normalized spacial score (nSPS) is 16.2. The molecule has 2 heterocycles. The van der Waals surface area contributed by atoms with Gasteiger partial charge in [-0.15, -0.1) is 0 Å². The van der Waals surface area contributed by atoms with Crippen molar-refractivity contribution in [3.05, 3.63) is 47.5 Å². The average Bonchev–Trinajstić information content (AvgIpc) is 2.89. The number of hydrogen-bond acceptors (Lipinski definition) is 2. The van der Waals surface area contributed by atoms with Gasteiger partial charge < -0.3 is 10.3 Å². The van der Waals surface area contributed by atoms with Crippen molar-refractivity contribution in [3.8, 4) is 11.4 Å². The first-order valence-corrected chi connectivity index (χ1v) is 7.83. The molecular formula is C19H19N3O. The van der Waals surface area contributed by atoms with Crippen molar-refractivity contribution >= 4 is 22.6 Å². The van der Waals surface area contributed by atoms with Crippen molar-refractivity contribution in [1.29, 1.82) is 0 Å². The number of benzene rings is 2. The Labute approximate surface area is 134 Å². The van der Waals surface area contributed by atoms with Gasteiger partial charge in [0, 0.05) is 16.7 Å². The molecule has 0 fully saturated rings. The Morgan fingerprint density at radius 1 is 1.13 bits per heavy atom. The minimum absolute atomic E-state index is 0.0682. The van der Waals surface area contributed by atoms with Gasteiger partial charge in [0.15, 0.2) is 0 Å². The highest BCUT2D eigenvalue weighted by molar-refractivity contribution is 6.00. The second-order valence-electron chi connectivity index (χ2n) is 6.99. The second-order valence-corrected chi connectivity index (χ2v) is 6.99. The SMILES string of the molecule is Cc1ccc(-c2nc3cc4c(cc3[nH]2)CC(C)(C)C(=O)N4)cc1. The van der Waals surface area contributed by atoms with Gasteiger partial charge in [-0.2, -0.15) is 0 Å². The van der Waals surface area contributed by atoms with Crippen LogP contribution in [-0.2, 0) is 11.2 Å². The van der Waals surface area contributed by atoms with E-state index in [4.69, 9.17) is 0 Å². The third kappa shape index (κ3) is 2.31. The fourth-order valence-electron chi connectivity index (χ4n) is 3.06. The molecular weight excluding hydrogens is 286 g/mol. The summed E-state index contributed by atoms with van der Waals surface area (Å²) in [5.74, 6) is 0.923. The van der Waals surface area contributed by atoms with Crippen LogP contribution in [0.25, 0.3) is 22.4 Å². The van der Waals surface area contributed by atoms with Crippen LogP contribution in [0.4, 0.5) is 5.69 Å². The largest absolute Gasteiger partial charge is 0.338 e. The van der Waals surface area contributed by atoms with Gasteiger partial charge in [-0.1, -0.05) is 43.7 Å². The molecule has 4 rings (SSSR count). The Hall–Kier alpha value is -2.62. The van der Waals surface area contributed by atoms with Crippen molar-refractivity contribution < 1.29 is 4.79 Å². The maximum atomic E-state index is 12.1. The molecule has 1 amide bonds. The Bertz CT molecular complexity index is 920. The number of rotatable bonds is 1. The van der Waals surface area contributed by atoms with Gasteiger partial charge in [0.2, 0.25) is 5.91 Å². The summed E-state index contributed by atoms with van der Waals surface area (Å²) < 4.78 is 0. The molecule has 4 nitrogen and oxygen atoms in total. The Kier molecular flexibility index (Phi) is 2.85. The van der Waals surface area contributed by atoms with E-state index in [1.54, 1.807) is 0 Å². The van der Waals surface area contributed by atoms with E-state index in [1.165, 1.54) is 5.56 Å². The first-order valence-electron chi connectivity index (χ1n) is 7.83. The molecule has 0 aliphatic carbocycles. The summed E-state index contributed by atoms with van der Waals surface area (Å²) in [6, 6.07) is 12.4. The maximum Gasteiger partial charge on any atom is 0.230 e. The van der Waals surface area contributed by atoms with Crippen LogP contribution in [0.15, 0.2) is 36.4 Å². The van der Waals surface area contributed by atoms with Crippen LogP contribution in [0.1, 0.15) is 25.0 Å². The zero-order valence-electron chi connectivity index (χ0n) is 13.5. The van der Waals surface area contributed by atoms with Crippen molar-refractivity contribution in [2.75, 3.05) is 5.32 Å². The lowest BCUT2D eigenvalue weighted by molar-refractivity contribution is -0.124. The zero-order valence-corrected chi connectivity index (χ0v) is 13.5. The predicted molar refractivity (Wildman–Crippen MR) is 92.4 cm³/mol. The number of nitrogens with zero attached hydrogens (tertiary/aromatic N) is 1. The molecule has 4 heteroatoms. The highest BCUT2D eigenvalue weighted by Crippen LogP contribution is 2.35. The lowest BCUT2D eigenvalue weighted by atomic mass is 9.81. The number of imidazole rings is 1. The summed E-state index contributed by atoms with van der Waals surface area (Å²) in [4.78, 5) is 20.2. The number of carbonyl (C=O) groups excluding carboxylic acids is 1. The molecule has 0 bridgehead atoms. The quantitative estimate of drug-likeness (QED) is 0.712. The standard InChI is InChI=1S/C19H19N3O/c1-11-4-6-12(7-5-11)17-20-15-8-13-10-19(2,3)18(23)22-14(13)9-16(15)21-17/h4-9H,10H2,1-3H3,(H,20,21)(H,22,23). The number of aryl methyl sites for hydroxylation is 1. The number of anilines is 1. The number of fused-ring (bicyclic) bond motifs is 2. The molecule has 2 N–H and O–H groups in total. The van der Waals surface area contributed by atoms with Crippen LogP contribution < -0.4 is 5.32 Å². The Morgan fingerprint density at radius 3 is 2.61 bits per heavy atom. The van der Waals surface area contributed by atoms with Crippen molar-refractivity contribution in [3.63, 3.8) is 0 Å². The van der Waals surface area contributed by atoms with E-state index >= 15 is 0 Å². The van der Waals surface area contributed by atoms with E-state index in [2.05, 4.69) is 52.5 Å². The third-order valence-electron chi connectivity index (χ3n) is 4.53. The van der Waals surface area contributed by atoms with E-state index in [-0.39, 0.29) is 11.3 Å². The summed E-state index contributed by atoms with van der Waals surface area (Å²) in [7, 11) is 0. The minimum atomic E-state index is -0.375. The fraction of sp³-hybridized carbons (Fsp3) is 0.263. The molecule has 1 aliphatic rings. The predicted octanol–water partition coefficient (Wildman–Crippen LogP) is 4.06. The molecule has 116 valence electrons. The molecule has 0 unspecified atom stereocenters. The molecule has 0 saturated carbocycles. The summed E-state index contributed by atoms with van der Waals surface area (Å²) >= 11 is 0. The first-order chi connectivity index (χ1) is 10.9. The maximum absolute atomic E-state index is 12.1. The highest BCUT2D eigenvalue weighted by atomic mass is 16.2. The molecule has 3 aromatic rings. The molecule has 23 heavy (non-hydrogen) atoms. The summed E-state index contributed by atoms with van der Waals surface area (Å²) in [6.45, 7) is 6.02. The molecule has 0 saturated heterocycles. The van der Waals surface area contributed by atoms with Gasteiger partial charge >= 0.3 is 0 Å². The van der Waals surface area contributed by atoms with Crippen LogP contribution in [0.5, 0.6) is 0 Å². The van der Waals surface area contributed by atoms with E-state index in [0.29, 0.717) is 0 Å². The van der Waals surface area contributed by atoms with Gasteiger partial charge in [0.1, 0.15) is 5.82 Å². The van der Waals surface area contributed by atoms with Crippen LogP contribution in [0, 0.1) is 12.3 Å². The first kappa shape index (κ1) is 14.0. The number of H-pyrrole nitrogens is 1. The smallest absolute Gasteiger partial charge is 0.230 e. The van der Waals surface area contributed by atoms with E-state index in [9.17, 15) is 4.79 Å². The van der Waals surface area contributed by atoms with Gasteiger partial charge in [0.25, 0.3) is 0 Å². The van der Waals surface area contributed by atoms with Crippen LogP contribution >= 0.6 is 0 Å². The summed E-state index contributed by atoms with van der Waals surface area (Å²) in [6.07, 6.45) is 0.739. The molecule has 0 atom stereocenters. The van der Waals surface area contributed by atoms with Crippen molar-refractivity contribution in [1.82, 2.24) is 9.97 Å². The third-order valence-corrected chi connectivity index (χ3v) is 4.53. The number of nitrogens with one attached hydrogen (secondary N) is 2. The number of carbonyl (C=O) groups is 1. The van der Waals surface area contributed by atoms with Crippen LogP contribution in [-0.4, -0.2) is 15.9 Å². The lowest BCUT2D eigenvalue weighted by Gasteiger charge is -2.30. The Morgan fingerprint density at radius 2 is 1.87 bits per heavy atom. The number of hydrogen-bond donors (Lipinski definition) is 2. The van der Waals surface area contributed by atoms with Gasteiger partial charge in [0.05, 0.1) is 11.0 Å². The second kappa shape index (κ2) is 4.69. The average molecular weight is 305 g/mol. The molecule has 1 aromatic heterocycles. The molecule has 0 spiro atoms. The monoisotopic (exact) mass is 305 g/mol. The molecule has 2 aromatic carbocycles. The van der Waals surface area contributed by atoms with Crippen LogP contribution in [0.2, 0.25) is 0 Å². The van der Waals surface area contributed by atoms with Gasteiger partial charge in [-0.05, 0) is 31.0 Å². The fourth-order valence-corrected chi connectivity index (χ4v) is 3.06. The lowest BCUT2D eigenvalue weighted by Crippen LogP contribution is -2.36. The number of aromatic amines is 1. The minimum Gasteiger partial charge on any atom is -0.338 e. The van der Waals surface area contributed by atoms with Gasteiger partial charge in [-0.3, -0.25) is 4.79 Å². The number of aromatic nitrogens is 2. The van der Waals surface area contributed by atoms with Crippen molar-refractivity contribution in [2.45, 2.75) is 27.2 Å². The van der Waals surface area contributed by atoms with Crippen LogP contribution in [0.3, 0.4) is 0 Å². The molecule has 1 aliphatic heterocycles. The number of amides is 1. The topological polar surface area (TPSA) is 57.8 Å². The summed E-state index contributed by atoms with van der Waals surface area (Å²) in [5.41, 5.74) is 5.83. The van der Waals surface area contributed by atoms with E-state index < -0.39 is 0 Å². The molecule has 0 radical (unpaired) electrons. The summed E-state index contributed by atoms with van der Waals surface area (Å²) in [5, 5.41) is 3.01. The highest BCUT2D eigenvalue weighted by Gasteiger charge is 2.33. The Balaban J connectivity index is 1.81. The zero-order chi connectivity index (χ0) is 16.2. The van der Waals surface area contributed by atoms with E-state index in [1.807, 2.05) is 19.9 Å². The van der Waals surface area contributed by atoms with E-state index in [0.717, 1.165) is 40.1 Å². The van der Waals surface area contributed by atoms with Gasteiger partial charge in [-0.25, -0.2) is 4.98 Å². The van der Waals surface area contributed by atoms with Crippen molar-refractivity contribution in [2.24, 2.45) is 5.41 Å².